The highest BCUT2D eigenvalue weighted by Crippen LogP contribution is 2.17. The second-order valence-corrected chi connectivity index (χ2v) is 4.97. The van der Waals surface area contributed by atoms with E-state index < -0.39 is 0 Å². The number of hydrogen-bond acceptors (Lipinski definition) is 4. The summed E-state index contributed by atoms with van der Waals surface area (Å²) in [6, 6.07) is 11.7. The number of hydrogen-bond donors (Lipinski definition) is 1. The van der Waals surface area contributed by atoms with Gasteiger partial charge in [0.2, 0.25) is 0 Å². The second kappa shape index (κ2) is 5.25. The molecule has 2 aromatic heterocycles. The van der Waals surface area contributed by atoms with Gasteiger partial charge in [-0.25, -0.2) is 4.98 Å². The maximum absolute atomic E-state index is 8.90. The van der Waals surface area contributed by atoms with Crippen LogP contribution in [0.4, 0.5) is 5.69 Å². The summed E-state index contributed by atoms with van der Waals surface area (Å²) in [5.74, 6) is 0. The molecule has 5 heteroatoms. The van der Waals surface area contributed by atoms with Gasteiger partial charge in [0.15, 0.2) is 5.65 Å². The summed E-state index contributed by atoms with van der Waals surface area (Å²) < 4.78 is 1.79. The van der Waals surface area contributed by atoms with E-state index in [1.807, 2.05) is 38.4 Å². The molecule has 0 spiro atoms. The molecule has 0 aliphatic heterocycles. The first-order valence-corrected chi connectivity index (χ1v) is 6.69. The molecule has 0 saturated carbocycles. The van der Waals surface area contributed by atoms with Gasteiger partial charge in [0.25, 0.3) is 0 Å². The molecule has 104 valence electrons. The molecule has 5 nitrogen and oxygen atoms in total. The normalized spacial score (nSPS) is 10.5. The Morgan fingerprint density at radius 3 is 3.00 bits per heavy atom. The van der Waals surface area contributed by atoms with Crippen LogP contribution in [-0.4, -0.2) is 14.8 Å². The van der Waals surface area contributed by atoms with Crippen LogP contribution in [0.25, 0.3) is 11.0 Å². The van der Waals surface area contributed by atoms with Crippen molar-refractivity contribution >= 4 is 16.7 Å². The maximum atomic E-state index is 8.90. The van der Waals surface area contributed by atoms with Crippen molar-refractivity contribution in [2.24, 2.45) is 7.05 Å². The molecule has 21 heavy (non-hydrogen) atoms. The average molecular weight is 277 g/mol. The standard InChI is InChI=1S/C16H15N5/c1-11-15-7-13(10-19-16(15)21(2)20-11)9-18-14-5-3-4-12(6-14)8-17/h3-7,10,18H,9H2,1-2H3. The zero-order valence-electron chi connectivity index (χ0n) is 12.0. The molecule has 1 N–H and O–H groups in total. The van der Waals surface area contributed by atoms with Crippen LogP contribution >= 0.6 is 0 Å². The third kappa shape index (κ3) is 2.56. The van der Waals surface area contributed by atoms with E-state index in [-0.39, 0.29) is 0 Å². The minimum Gasteiger partial charge on any atom is -0.381 e. The Morgan fingerprint density at radius 2 is 2.19 bits per heavy atom. The molecule has 3 rings (SSSR count). The topological polar surface area (TPSA) is 66.5 Å². The summed E-state index contributed by atoms with van der Waals surface area (Å²) >= 11 is 0. The summed E-state index contributed by atoms with van der Waals surface area (Å²) in [6.45, 7) is 2.64. The first-order chi connectivity index (χ1) is 10.2. The van der Waals surface area contributed by atoms with Crippen molar-refractivity contribution in [3.63, 3.8) is 0 Å². The highest BCUT2D eigenvalue weighted by atomic mass is 15.3. The van der Waals surface area contributed by atoms with Gasteiger partial charge in [-0.15, -0.1) is 0 Å². The number of anilines is 1. The lowest BCUT2D eigenvalue weighted by atomic mass is 10.2. The molecule has 0 aliphatic carbocycles. The van der Waals surface area contributed by atoms with Crippen molar-refractivity contribution in [3.05, 3.63) is 53.3 Å². The van der Waals surface area contributed by atoms with E-state index in [0.717, 1.165) is 28.0 Å². The third-order valence-corrected chi connectivity index (χ3v) is 3.41. The van der Waals surface area contributed by atoms with Crippen LogP contribution in [0.15, 0.2) is 36.5 Å². The number of pyridine rings is 1. The number of aromatic nitrogens is 3. The largest absolute Gasteiger partial charge is 0.381 e. The van der Waals surface area contributed by atoms with Crippen molar-refractivity contribution in [1.82, 2.24) is 14.8 Å². The van der Waals surface area contributed by atoms with Crippen LogP contribution in [0.2, 0.25) is 0 Å². The van der Waals surface area contributed by atoms with Gasteiger partial charge in [0.1, 0.15) is 0 Å². The Bertz CT molecular complexity index is 841. The van der Waals surface area contributed by atoms with Crippen LogP contribution in [-0.2, 0) is 13.6 Å². The molecule has 0 fully saturated rings. The summed E-state index contributed by atoms with van der Waals surface area (Å²) in [7, 11) is 1.90. The van der Waals surface area contributed by atoms with E-state index in [2.05, 4.69) is 27.5 Å². The fraction of sp³-hybridized carbons (Fsp3) is 0.188. The van der Waals surface area contributed by atoms with Crippen LogP contribution < -0.4 is 5.32 Å². The zero-order chi connectivity index (χ0) is 14.8. The van der Waals surface area contributed by atoms with Crippen LogP contribution in [0.1, 0.15) is 16.8 Å². The molecule has 0 amide bonds. The molecule has 0 bridgehead atoms. The molecule has 0 radical (unpaired) electrons. The van der Waals surface area contributed by atoms with E-state index in [4.69, 9.17) is 5.26 Å². The van der Waals surface area contributed by atoms with Crippen molar-refractivity contribution < 1.29 is 0 Å². The quantitative estimate of drug-likeness (QED) is 0.799. The number of nitrogens with zero attached hydrogens (tertiary/aromatic N) is 4. The minimum absolute atomic E-state index is 0.650. The lowest BCUT2D eigenvalue weighted by Gasteiger charge is -2.06. The number of benzene rings is 1. The predicted molar refractivity (Wildman–Crippen MR) is 81.7 cm³/mol. The van der Waals surface area contributed by atoms with Crippen LogP contribution in [0, 0.1) is 18.3 Å². The average Bonchev–Trinajstić information content (AvgIpc) is 2.80. The van der Waals surface area contributed by atoms with Gasteiger partial charge in [-0.1, -0.05) is 6.07 Å². The lowest BCUT2D eigenvalue weighted by molar-refractivity contribution is 0.773. The summed E-state index contributed by atoms with van der Waals surface area (Å²) in [5, 5.41) is 17.7. The Kier molecular flexibility index (Phi) is 3.28. The van der Waals surface area contributed by atoms with Gasteiger partial charge in [0.05, 0.1) is 17.3 Å². The van der Waals surface area contributed by atoms with E-state index in [1.54, 1.807) is 10.7 Å². The van der Waals surface area contributed by atoms with Crippen LogP contribution in [0.5, 0.6) is 0 Å². The highest BCUT2D eigenvalue weighted by Gasteiger charge is 2.06. The number of fused-ring (bicyclic) bond motifs is 1. The minimum atomic E-state index is 0.650. The zero-order valence-corrected chi connectivity index (χ0v) is 12.0. The van der Waals surface area contributed by atoms with Gasteiger partial charge in [-0.2, -0.15) is 10.4 Å². The van der Waals surface area contributed by atoms with Crippen LogP contribution in [0.3, 0.4) is 0 Å². The lowest BCUT2D eigenvalue weighted by Crippen LogP contribution is -2.00. The fourth-order valence-corrected chi connectivity index (χ4v) is 2.35. The number of rotatable bonds is 3. The molecular formula is C16H15N5. The smallest absolute Gasteiger partial charge is 0.157 e. The summed E-state index contributed by atoms with van der Waals surface area (Å²) in [4.78, 5) is 4.46. The molecule has 0 atom stereocenters. The van der Waals surface area contributed by atoms with Crippen molar-refractivity contribution in [1.29, 1.82) is 5.26 Å². The SMILES string of the molecule is Cc1nn(C)c2ncc(CNc3cccc(C#N)c3)cc12. The number of aryl methyl sites for hydroxylation is 2. The molecule has 3 aromatic rings. The van der Waals surface area contributed by atoms with Gasteiger partial charge < -0.3 is 5.32 Å². The van der Waals surface area contributed by atoms with E-state index in [9.17, 15) is 0 Å². The highest BCUT2D eigenvalue weighted by molar-refractivity contribution is 5.78. The number of nitriles is 1. The van der Waals surface area contributed by atoms with E-state index in [0.29, 0.717) is 12.1 Å². The van der Waals surface area contributed by atoms with Crippen molar-refractivity contribution in [2.45, 2.75) is 13.5 Å². The Hall–Kier alpha value is -2.87. The Balaban J connectivity index is 1.82. The van der Waals surface area contributed by atoms with Gasteiger partial charge in [0, 0.05) is 30.9 Å². The Morgan fingerprint density at radius 1 is 1.33 bits per heavy atom. The first kappa shape index (κ1) is 13.1. The van der Waals surface area contributed by atoms with E-state index >= 15 is 0 Å². The molecule has 0 unspecified atom stereocenters. The summed E-state index contributed by atoms with van der Waals surface area (Å²) in [5.41, 5.74) is 4.53. The number of nitrogens with one attached hydrogen (secondary N) is 1. The second-order valence-electron chi connectivity index (χ2n) is 4.97. The van der Waals surface area contributed by atoms with E-state index in [1.165, 1.54) is 0 Å². The van der Waals surface area contributed by atoms with Crippen molar-refractivity contribution in [2.75, 3.05) is 5.32 Å². The van der Waals surface area contributed by atoms with Crippen molar-refractivity contribution in [3.8, 4) is 6.07 Å². The van der Waals surface area contributed by atoms with Gasteiger partial charge in [-0.05, 0) is 36.8 Å². The maximum Gasteiger partial charge on any atom is 0.157 e. The fourth-order valence-electron chi connectivity index (χ4n) is 2.35. The predicted octanol–water partition coefficient (Wildman–Crippen LogP) is 2.76. The third-order valence-electron chi connectivity index (χ3n) is 3.41. The first-order valence-electron chi connectivity index (χ1n) is 6.69. The monoisotopic (exact) mass is 277 g/mol. The molecule has 0 saturated heterocycles. The summed E-state index contributed by atoms with van der Waals surface area (Å²) in [6.07, 6.45) is 1.85. The molecule has 0 aliphatic rings. The van der Waals surface area contributed by atoms with Gasteiger partial charge in [-0.3, -0.25) is 4.68 Å². The Labute approximate surface area is 122 Å². The molecule has 2 heterocycles. The molecular weight excluding hydrogens is 262 g/mol. The van der Waals surface area contributed by atoms with Gasteiger partial charge >= 0.3 is 0 Å². The molecule has 1 aromatic carbocycles.